The molecule has 1 N–H and O–H groups in total. The third-order valence-electron chi connectivity index (χ3n) is 1.42. The molecule has 0 spiro atoms. The second kappa shape index (κ2) is 3.54. The number of aromatic nitrogens is 1. The molecule has 5 heteroatoms. The Morgan fingerprint density at radius 3 is 2.85 bits per heavy atom. The van der Waals surface area contributed by atoms with Crippen molar-refractivity contribution in [3.05, 3.63) is 34.2 Å². The molecule has 0 atom stereocenters. The van der Waals surface area contributed by atoms with Crippen molar-refractivity contribution < 1.29 is 9.90 Å². The summed E-state index contributed by atoms with van der Waals surface area (Å²) < 4.78 is 0.973. The average Bonchev–Trinajstić information content (AvgIpc) is 2.08. The number of carboxylic acids is 1. The lowest BCUT2D eigenvalue weighted by molar-refractivity contribution is -0.137. The largest absolute Gasteiger partial charge is 0.480 e. The van der Waals surface area contributed by atoms with Crippen molar-refractivity contribution in [1.82, 2.24) is 4.57 Å². The van der Waals surface area contributed by atoms with Crippen molar-refractivity contribution in [2.75, 3.05) is 0 Å². The van der Waals surface area contributed by atoms with Crippen LogP contribution >= 0.6 is 0 Å². The van der Waals surface area contributed by atoms with E-state index in [4.69, 9.17) is 10.4 Å². The SMILES string of the molecule is N#Cc1ccc(=O)n(CC(=O)O)c1. The van der Waals surface area contributed by atoms with Crippen molar-refractivity contribution in [2.24, 2.45) is 0 Å². The van der Waals surface area contributed by atoms with Crippen LogP contribution in [0.15, 0.2) is 23.1 Å². The first-order chi connectivity index (χ1) is 6.13. The van der Waals surface area contributed by atoms with Crippen molar-refractivity contribution in [1.29, 1.82) is 5.26 Å². The van der Waals surface area contributed by atoms with Crippen LogP contribution < -0.4 is 5.56 Å². The zero-order valence-corrected chi connectivity index (χ0v) is 6.60. The summed E-state index contributed by atoms with van der Waals surface area (Å²) in [6.07, 6.45) is 1.22. The van der Waals surface area contributed by atoms with Gasteiger partial charge in [-0.15, -0.1) is 0 Å². The molecule has 0 aliphatic heterocycles. The predicted octanol–water partition coefficient (Wildman–Crippen LogP) is -0.195. The highest BCUT2D eigenvalue weighted by atomic mass is 16.4. The van der Waals surface area contributed by atoms with E-state index in [9.17, 15) is 9.59 Å². The highest BCUT2D eigenvalue weighted by Gasteiger charge is 2.01. The summed E-state index contributed by atoms with van der Waals surface area (Å²) in [4.78, 5) is 21.3. The van der Waals surface area contributed by atoms with Crippen LogP contribution in [0.3, 0.4) is 0 Å². The van der Waals surface area contributed by atoms with Gasteiger partial charge in [-0.2, -0.15) is 5.26 Å². The number of nitrogens with zero attached hydrogens (tertiary/aromatic N) is 2. The van der Waals surface area contributed by atoms with E-state index in [0.717, 1.165) is 4.57 Å². The maximum atomic E-state index is 11.0. The average molecular weight is 178 g/mol. The number of hydrogen-bond donors (Lipinski definition) is 1. The smallest absolute Gasteiger partial charge is 0.323 e. The second-order valence-electron chi connectivity index (χ2n) is 2.39. The van der Waals surface area contributed by atoms with E-state index in [1.165, 1.54) is 18.3 Å². The van der Waals surface area contributed by atoms with Crippen LogP contribution in [0.5, 0.6) is 0 Å². The molecule has 1 heterocycles. The lowest BCUT2D eigenvalue weighted by Gasteiger charge is -2.00. The molecule has 66 valence electrons. The zero-order chi connectivity index (χ0) is 9.84. The fourth-order valence-electron chi connectivity index (χ4n) is 0.867. The highest BCUT2D eigenvalue weighted by molar-refractivity contribution is 5.66. The summed E-state index contributed by atoms with van der Waals surface area (Å²) in [5, 5.41) is 16.9. The molecule has 13 heavy (non-hydrogen) atoms. The van der Waals surface area contributed by atoms with Crippen molar-refractivity contribution in [3.8, 4) is 6.07 Å². The first-order valence-corrected chi connectivity index (χ1v) is 3.46. The number of nitriles is 1. The van der Waals surface area contributed by atoms with E-state index < -0.39 is 18.1 Å². The van der Waals surface area contributed by atoms with Crippen molar-refractivity contribution in [3.63, 3.8) is 0 Å². The Labute approximate surface area is 73.5 Å². The van der Waals surface area contributed by atoms with Crippen LogP contribution in [-0.4, -0.2) is 15.6 Å². The Kier molecular flexibility index (Phi) is 2.45. The van der Waals surface area contributed by atoms with Gasteiger partial charge in [0.15, 0.2) is 0 Å². The van der Waals surface area contributed by atoms with Crippen LogP contribution in [0.2, 0.25) is 0 Å². The quantitative estimate of drug-likeness (QED) is 0.680. The maximum Gasteiger partial charge on any atom is 0.323 e. The molecule has 0 unspecified atom stereocenters. The summed E-state index contributed by atoms with van der Waals surface area (Å²) in [5.74, 6) is -1.11. The molecule has 0 saturated heterocycles. The Hall–Kier alpha value is -2.09. The second-order valence-corrected chi connectivity index (χ2v) is 2.39. The number of hydrogen-bond acceptors (Lipinski definition) is 3. The third-order valence-corrected chi connectivity index (χ3v) is 1.42. The van der Waals surface area contributed by atoms with Gasteiger partial charge in [0.05, 0.1) is 5.56 Å². The molecule has 0 bridgehead atoms. The van der Waals surface area contributed by atoms with Crippen molar-refractivity contribution >= 4 is 5.97 Å². The minimum atomic E-state index is -1.11. The molecule has 1 rings (SSSR count). The van der Waals surface area contributed by atoms with E-state index in [-0.39, 0.29) is 5.56 Å². The summed E-state index contributed by atoms with van der Waals surface area (Å²) in [6, 6.07) is 4.33. The summed E-state index contributed by atoms with van der Waals surface area (Å²) in [6.45, 7) is -0.422. The van der Waals surface area contributed by atoms with Crippen LogP contribution in [0.1, 0.15) is 5.56 Å². The number of carboxylic acid groups (broad SMARTS) is 1. The summed E-state index contributed by atoms with van der Waals surface area (Å²) >= 11 is 0. The number of aliphatic carboxylic acids is 1. The molecule has 0 saturated carbocycles. The van der Waals surface area contributed by atoms with Gasteiger partial charge < -0.3 is 9.67 Å². The zero-order valence-electron chi connectivity index (χ0n) is 6.60. The van der Waals surface area contributed by atoms with Crippen LogP contribution in [0.25, 0.3) is 0 Å². The van der Waals surface area contributed by atoms with E-state index in [1.807, 2.05) is 6.07 Å². The fourth-order valence-corrected chi connectivity index (χ4v) is 0.867. The Balaban J connectivity index is 3.13. The van der Waals surface area contributed by atoms with E-state index in [0.29, 0.717) is 0 Å². The van der Waals surface area contributed by atoms with Gasteiger partial charge in [-0.1, -0.05) is 0 Å². The van der Waals surface area contributed by atoms with Crippen LogP contribution in [0, 0.1) is 11.3 Å². The first-order valence-electron chi connectivity index (χ1n) is 3.46. The predicted molar refractivity (Wildman–Crippen MR) is 43.1 cm³/mol. The van der Waals surface area contributed by atoms with E-state index in [1.54, 1.807) is 0 Å². The van der Waals surface area contributed by atoms with Crippen LogP contribution in [0.4, 0.5) is 0 Å². The van der Waals surface area contributed by atoms with Gasteiger partial charge in [0.2, 0.25) is 0 Å². The highest BCUT2D eigenvalue weighted by Crippen LogP contribution is 1.92. The molecule has 0 aliphatic carbocycles. The van der Waals surface area contributed by atoms with Gasteiger partial charge in [0.25, 0.3) is 5.56 Å². The molecule has 0 aliphatic rings. The monoisotopic (exact) mass is 178 g/mol. The molecule has 0 amide bonds. The molecular formula is C8H6N2O3. The Morgan fingerprint density at radius 2 is 2.31 bits per heavy atom. The topological polar surface area (TPSA) is 83.1 Å². The Bertz CT molecular complexity index is 428. The van der Waals surface area contributed by atoms with Gasteiger partial charge in [-0.3, -0.25) is 9.59 Å². The van der Waals surface area contributed by atoms with E-state index >= 15 is 0 Å². The molecular weight excluding hydrogens is 172 g/mol. The van der Waals surface area contributed by atoms with E-state index in [2.05, 4.69) is 0 Å². The molecule has 0 radical (unpaired) electrons. The van der Waals surface area contributed by atoms with Gasteiger partial charge in [0.1, 0.15) is 12.6 Å². The fraction of sp³-hybridized carbons (Fsp3) is 0.125. The van der Waals surface area contributed by atoms with Crippen molar-refractivity contribution in [2.45, 2.75) is 6.54 Å². The lowest BCUT2D eigenvalue weighted by Crippen LogP contribution is -2.22. The standard InChI is InChI=1S/C8H6N2O3/c9-3-6-1-2-7(11)10(4-6)5-8(12)13/h1-2,4H,5H2,(H,12,13). The minimum Gasteiger partial charge on any atom is -0.480 e. The molecule has 0 fully saturated rings. The first kappa shape index (κ1) is 9.00. The molecule has 0 aromatic carbocycles. The Morgan fingerprint density at radius 1 is 1.62 bits per heavy atom. The van der Waals surface area contributed by atoms with Gasteiger partial charge in [-0.05, 0) is 6.07 Å². The van der Waals surface area contributed by atoms with Gasteiger partial charge in [-0.25, -0.2) is 0 Å². The summed E-state index contributed by atoms with van der Waals surface area (Å²) in [5.41, 5.74) is -0.165. The van der Waals surface area contributed by atoms with Gasteiger partial charge in [0, 0.05) is 12.3 Å². The maximum absolute atomic E-state index is 11.0. The number of rotatable bonds is 2. The lowest BCUT2D eigenvalue weighted by atomic mass is 10.3. The normalized spacial score (nSPS) is 9.15. The van der Waals surface area contributed by atoms with Crippen LogP contribution in [-0.2, 0) is 11.3 Å². The molecule has 1 aromatic rings. The number of pyridine rings is 1. The minimum absolute atomic E-state index is 0.265. The summed E-state index contributed by atoms with van der Waals surface area (Å²) in [7, 11) is 0. The van der Waals surface area contributed by atoms with Gasteiger partial charge >= 0.3 is 5.97 Å². The molecule has 5 nitrogen and oxygen atoms in total. The molecule has 1 aromatic heterocycles. The number of carbonyl (C=O) groups is 1. The third kappa shape index (κ3) is 2.17.